The number of sulfonamides is 1. The highest BCUT2D eigenvalue weighted by molar-refractivity contribution is 7.89. The number of ether oxygens (including phenoxy) is 1. The first-order valence-corrected chi connectivity index (χ1v) is 9.74. The third-order valence-corrected chi connectivity index (χ3v) is 6.08. The fourth-order valence-corrected chi connectivity index (χ4v) is 4.46. The quantitative estimate of drug-likeness (QED) is 0.705. The highest BCUT2D eigenvalue weighted by Crippen LogP contribution is 2.35. The van der Waals surface area contributed by atoms with Gasteiger partial charge in [-0.2, -0.15) is 0 Å². The molecule has 0 aliphatic heterocycles. The van der Waals surface area contributed by atoms with Crippen LogP contribution in [0.2, 0.25) is 5.02 Å². The minimum atomic E-state index is -4.00. The van der Waals surface area contributed by atoms with Crippen molar-refractivity contribution in [2.24, 2.45) is 5.14 Å². The maximum atomic E-state index is 12.5. The van der Waals surface area contributed by atoms with Crippen molar-refractivity contribution >= 4 is 54.6 Å². The second-order valence-electron chi connectivity index (χ2n) is 5.11. The zero-order valence-electron chi connectivity index (χ0n) is 12.9. The van der Waals surface area contributed by atoms with Crippen LogP contribution in [-0.2, 0) is 10.0 Å². The number of fused-ring (bicyclic) bond motifs is 1. The van der Waals surface area contributed by atoms with Crippen LogP contribution in [0.15, 0.2) is 47.4 Å². The highest BCUT2D eigenvalue weighted by atomic mass is 35.5. The van der Waals surface area contributed by atoms with Crippen LogP contribution in [0, 0.1) is 0 Å². The molecule has 0 bridgehead atoms. The molecule has 0 radical (unpaired) electrons. The van der Waals surface area contributed by atoms with Gasteiger partial charge in [-0.15, -0.1) is 11.3 Å². The summed E-state index contributed by atoms with van der Waals surface area (Å²) in [5.41, 5.74) is 0.267. The van der Waals surface area contributed by atoms with Gasteiger partial charge < -0.3 is 10.1 Å². The maximum absolute atomic E-state index is 12.5. The lowest BCUT2D eigenvalue weighted by Crippen LogP contribution is -2.15. The lowest BCUT2D eigenvalue weighted by molar-refractivity contribution is 0.103. The number of rotatable bonds is 4. The smallest absolute Gasteiger partial charge is 0.267 e. The molecule has 0 saturated heterocycles. The fourth-order valence-electron chi connectivity index (χ4n) is 2.32. The number of anilines is 1. The SMILES string of the molecule is COc1ccc(NC(=O)c2sc3ccccc3c2Cl)cc1S(N)(=O)=O. The van der Waals surface area contributed by atoms with Crippen LogP contribution in [-0.4, -0.2) is 21.4 Å². The van der Waals surface area contributed by atoms with E-state index in [4.69, 9.17) is 21.5 Å². The molecule has 6 nitrogen and oxygen atoms in total. The molecule has 1 amide bonds. The van der Waals surface area contributed by atoms with Gasteiger partial charge in [0.15, 0.2) is 0 Å². The molecular weight excluding hydrogens is 384 g/mol. The highest BCUT2D eigenvalue weighted by Gasteiger charge is 2.19. The molecule has 1 heterocycles. The van der Waals surface area contributed by atoms with E-state index < -0.39 is 15.9 Å². The van der Waals surface area contributed by atoms with Gasteiger partial charge in [-0.25, -0.2) is 13.6 Å². The Balaban J connectivity index is 1.96. The van der Waals surface area contributed by atoms with Gasteiger partial charge in [0.05, 0.1) is 12.1 Å². The average Bonchev–Trinajstić information content (AvgIpc) is 2.91. The summed E-state index contributed by atoms with van der Waals surface area (Å²) in [4.78, 5) is 12.7. The molecule has 2 aromatic carbocycles. The molecule has 0 atom stereocenters. The standard InChI is InChI=1S/C16H13ClN2O4S2/c1-23-11-7-6-9(8-13(11)25(18,21)22)19-16(20)15-14(17)10-4-2-3-5-12(10)24-15/h2-8H,1H3,(H,19,20)(H2,18,21,22). The van der Waals surface area contributed by atoms with Gasteiger partial charge >= 0.3 is 0 Å². The number of hydrogen-bond donors (Lipinski definition) is 2. The molecule has 9 heteroatoms. The average molecular weight is 397 g/mol. The van der Waals surface area contributed by atoms with Crippen LogP contribution >= 0.6 is 22.9 Å². The Morgan fingerprint density at radius 3 is 2.60 bits per heavy atom. The molecule has 3 rings (SSSR count). The van der Waals surface area contributed by atoms with Crippen LogP contribution in [0.25, 0.3) is 10.1 Å². The predicted molar refractivity (Wildman–Crippen MR) is 99.2 cm³/mol. The van der Waals surface area contributed by atoms with Crippen LogP contribution in [0.1, 0.15) is 9.67 Å². The largest absolute Gasteiger partial charge is 0.495 e. The first-order valence-electron chi connectivity index (χ1n) is 7.00. The van der Waals surface area contributed by atoms with Gasteiger partial charge in [-0.3, -0.25) is 4.79 Å². The Labute approximate surface area is 153 Å². The van der Waals surface area contributed by atoms with Crippen molar-refractivity contribution in [1.82, 2.24) is 0 Å². The van der Waals surface area contributed by atoms with Crippen molar-refractivity contribution in [1.29, 1.82) is 0 Å². The van der Waals surface area contributed by atoms with Crippen LogP contribution in [0.3, 0.4) is 0 Å². The minimum Gasteiger partial charge on any atom is -0.495 e. The lowest BCUT2D eigenvalue weighted by atomic mass is 10.2. The first-order chi connectivity index (χ1) is 11.8. The summed E-state index contributed by atoms with van der Waals surface area (Å²) in [7, 11) is -2.66. The predicted octanol–water partition coefficient (Wildman–Crippen LogP) is 3.46. The number of benzene rings is 2. The third kappa shape index (κ3) is 3.47. The fraction of sp³-hybridized carbons (Fsp3) is 0.0625. The maximum Gasteiger partial charge on any atom is 0.267 e. The molecule has 3 aromatic rings. The van der Waals surface area contributed by atoms with E-state index in [2.05, 4.69) is 5.32 Å². The van der Waals surface area contributed by atoms with Gasteiger partial charge in [-0.05, 0) is 24.3 Å². The van der Waals surface area contributed by atoms with Gasteiger partial charge in [0, 0.05) is 15.8 Å². The molecule has 0 spiro atoms. The zero-order chi connectivity index (χ0) is 18.2. The van der Waals surface area contributed by atoms with Crippen molar-refractivity contribution in [2.75, 3.05) is 12.4 Å². The lowest BCUT2D eigenvalue weighted by Gasteiger charge is -2.10. The Kier molecular flexibility index (Phi) is 4.70. The topological polar surface area (TPSA) is 98.5 Å². The molecule has 0 unspecified atom stereocenters. The van der Waals surface area contributed by atoms with Crippen molar-refractivity contribution in [3.05, 3.63) is 52.4 Å². The summed E-state index contributed by atoms with van der Waals surface area (Å²) in [5, 5.41) is 8.97. The number of carbonyl (C=O) groups excluding carboxylic acids is 1. The van der Waals surface area contributed by atoms with Crippen LogP contribution in [0.4, 0.5) is 5.69 Å². The number of thiophene rings is 1. The van der Waals surface area contributed by atoms with E-state index in [0.29, 0.717) is 9.90 Å². The minimum absolute atomic E-state index is 0.0976. The number of amides is 1. The third-order valence-electron chi connectivity index (χ3n) is 3.47. The van der Waals surface area contributed by atoms with Gasteiger partial charge in [0.2, 0.25) is 10.0 Å². The molecule has 0 aliphatic rings. The van der Waals surface area contributed by atoms with Gasteiger partial charge in [0.25, 0.3) is 5.91 Å². The van der Waals surface area contributed by atoms with Crippen molar-refractivity contribution in [3.8, 4) is 5.75 Å². The van der Waals surface area contributed by atoms with Gasteiger partial charge in [-0.1, -0.05) is 29.8 Å². The van der Waals surface area contributed by atoms with Crippen molar-refractivity contribution in [3.63, 3.8) is 0 Å². The number of nitrogens with one attached hydrogen (secondary N) is 1. The van der Waals surface area contributed by atoms with E-state index in [-0.39, 0.29) is 16.3 Å². The second-order valence-corrected chi connectivity index (χ2v) is 8.07. The summed E-state index contributed by atoms with van der Waals surface area (Å²) < 4.78 is 29.2. The monoisotopic (exact) mass is 396 g/mol. The number of primary sulfonamides is 1. The summed E-state index contributed by atoms with van der Waals surface area (Å²) in [6.45, 7) is 0. The summed E-state index contributed by atoms with van der Waals surface area (Å²) in [5.74, 6) is -0.336. The number of halogens is 1. The normalized spacial score (nSPS) is 11.5. The van der Waals surface area contributed by atoms with E-state index in [9.17, 15) is 13.2 Å². The summed E-state index contributed by atoms with van der Waals surface area (Å²) in [6, 6.07) is 11.6. The summed E-state index contributed by atoms with van der Waals surface area (Å²) >= 11 is 7.54. The van der Waals surface area contributed by atoms with E-state index in [1.54, 1.807) is 0 Å². The number of methoxy groups -OCH3 is 1. The van der Waals surface area contributed by atoms with Crippen LogP contribution in [0.5, 0.6) is 5.75 Å². The van der Waals surface area contributed by atoms with E-state index >= 15 is 0 Å². The first kappa shape index (κ1) is 17.7. The molecular formula is C16H13ClN2O4S2. The molecule has 25 heavy (non-hydrogen) atoms. The van der Waals surface area contributed by atoms with Gasteiger partial charge in [0.1, 0.15) is 15.5 Å². The zero-order valence-corrected chi connectivity index (χ0v) is 15.3. The second kappa shape index (κ2) is 6.64. The summed E-state index contributed by atoms with van der Waals surface area (Å²) in [6.07, 6.45) is 0. The Morgan fingerprint density at radius 2 is 1.96 bits per heavy atom. The molecule has 1 aromatic heterocycles. The number of carbonyl (C=O) groups is 1. The number of hydrogen-bond acceptors (Lipinski definition) is 5. The van der Waals surface area contributed by atoms with Crippen molar-refractivity contribution < 1.29 is 17.9 Å². The molecule has 0 fully saturated rings. The Hall–Kier alpha value is -2.13. The molecule has 0 saturated carbocycles. The van der Waals surface area contributed by atoms with E-state index in [0.717, 1.165) is 10.1 Å². The molecule has 3 N–H and O–H groups in total. The van der Waals surface area contributed by atoms with Crippen molar-refractivity contribution in [2.45, 2.75) is 4.90 Å². The van der Waals surface area contributed by atoms with E-state index in [1.165, 1.54) is 36.6 Å². The van der Waals surface area contributed by atoms with Crippen LogP contribution < -0.4 is 15.2 Å². The van der Waals surface area contributed by atoms with E-state index in [1.807, 2.05) is 24.3 Å². The Morgan fingerprint density at radius 1 is 1.24 bits per heavy atom. The number of nitrogens with two attached hydrogens (primary N) is 1. The Bertz CT molecular complexity index is 1080. The molecule has 0 aliphatic carbocycles. The molecule has 130 valence electrons.